The molecule has 132 valence electrons. The molecule has 0 radical (unpaired) electrons. The van der Waals surface area contributed by atoms with Crippen molar-refractivity contribution in [3.63, 3.8) is 0 Å². The van der Waals surface area contributed by atoms with Crippen molar-refractivity contribution in [1.29, 1.82) is 0 Å². The van der Waals surface area contributed by atoms with E-state index in [4.69, 9.17) is 11.6 Å². The Morgan fingerprint density at radius 3 is 2.88 bits per heavy atom. The first-order valence-electron chi connectivity index (χ1n) is 8.38. The fourth-order valence-electron chi connectivity index (χ4n) is 3.46. The van der Waals surface area contributed by atoms with Crippen LogP contribution in [0.15, 0.2) is 36.5 Å². The highest BCUT2D eigenvalue weighted by molar-refractivity contribution is 6.30. The minimum atomic E-state index is -0.0329. The van der Waals surface area contributed by atoms with Crippen molar-refractivity contribution in [1.82, 2.24) is 19.9 Å². The van der Waals surface area contributed by atoms with Crippen LogP contribution in [0.4, 0.5) is 11.6 Å². The van der Waals surface area contributed by atoms with Crippen LogP contribution in [0.1, 0.15) is 21.7 Å². The molecule has 7 heteroatoms. The number of anilines is 2. The van der Waals surface area contributed by atoms with E-state index in [0.29, 0.717) is 23.2 Å². The molecule has 1 aliphatic heterocycles. The highest BCUT2D eigenvalue weighted by atomic mass is 35.5. The quantitative estimate of drug-likeness (QED) is 0.740. The third-order valence-corrected chi connectivity index (χ3v) is 4.83. The lowest BCUT2D eigenvalue weighted by Gasteiger charge is -2.17. The van der Waals surface area contributed by atoms with Gasteiger partial charge in [-0.25, -0.2) is 9.97 Å². The Kier molecular flexibility index (Phi) is 4.12. The van der Waals surface area contributed by atoms with Crippen molar-refractivity contribution in [3.05, 3.63) is 58.5 Å². The number of fused-ring (bicyclic) bond motifs is 1. The van der Waals surface area contributed by atoms with Gasteiger partial charge in [-0.1, -0.05) is 17.7 Å². The summed E-state index contributed by atoms with van der Waals surface area (Å²) in [6.45, 7) is 5.40. The van der Waals surface area contributed by atoms with Gasteiger partial charge in [0.05, 0.1) is 5.69 Å². The standard InChI is InChI=1S/C19H18ClN5O/c1-11-16(12(2)25-9-8-21-18(26)17(11)25)15-6-7-22-19(24-15)23-14-5-3-4-13(20)10-14/h3-7,10H,8-9H2,1-2H3,(H,21,26)(H,22,23,24). The second-order valence-corrected chi connectivity index (χ2v) is 6.68. The molecule has 0 aliphatic carbocycles. The van der Waals surface area contributed by atoms with E-state index in [2.05, 4.69) is 25.2 Å². The van der Waals surface area contributed by atoms with Crippen LogP contribution in [0.2, 0.25) is 5.02 Å². The van der Waals surface area contributed by atoms with Gasteiger partial charge in [0.1, 0.15) is 5.69 Å². The molecule has 0 saturated carbocycles. The van der Waals surface area contributed by atoms with Gasteiger partial charge >= 0.3 is 0 Å². The molecule has 2 N–H and O–H groups in total. The monoisotopic (exact) mass is 367 g/mol. The number of carbonyl (C=O) groups excluding carboxylic acids is 1. The molecule has 2 aromatic heterocycles. The summed E-state index contributed by atoms with van der Waals surface area (Å²) in [4.78, 5) is 21.2. The number of hydrogen-bond acceptors (Lipinski definition) is 4. The van der Waals surface area contributed by atoms with Gasteiger partial charge < -0.3 is 15.2 Å². The molecule has 0 unspecified atom stereocenters. The number of halogens is 1. The van der Waals surface area contributed by atoms with Crippen molar-refractivity contribution >= 4 is 29.1 Å². The van der Waals surface area contributed by atoms with Gasteiger partial charge in [0.2, 0.25) is 5.95 Å². The van der Waals surface area contributed by atoms with Gasteiger partial charge in [-0.3, -0.25) is 4.79 Å². The minimum Gasteiger partial charge on any atom is -0.349 e. The van der Waals surface area contributed by atoms with E-state index in [0.717, 1.165) is 34.7 Å². The Bertz CT molecular complexity index is 1010. The molecule has 0 bridgehead atoms. The highest BCUT2D eigenvalue weighted by Gasteiger charge is 2.26. The SMILES string of the molecule is Cc1c(-c2ccnc(Nc3cccc(Cl)c3)n2)c(C)n2c1C(=O)NCC2. The molecular formula is C19H18ClN5O. The Morgan fingerprint density at radius 1 is 1.27 bits per heavy atom. The molecule has 4 rings (SSSR count). The first kappa shape index (κ1) is 16.6. The topological polar surface area (TPSA) is 71.8 Å². The lowest BCUT2D eigenvalue weighted by molar-refractivity contribution is 0.0926. The average Bonchev–Trinajstić information content (AvgIpc) is 2.87. The minimum absolute atomic E-state index is 0.0329. The first-order valence-corrected chi connectivity index (χ1v) is 8.76. The number of rotatable bonds is 3. The smallest absolute Gasteiger partial charge is 0.268 e. The Labute approximate surface area is 156 Å². The molecule has 0 saturated heterocycles. The van der Waals surface area contributed by atoms with E-state index in [9.17, 15) is 4.79 Å². The van der Waals surface area contributed by atoms with Crippen molar-refractivity contribution in [2.24, 2.45) is 0 Å². The summed E-state index contributed by atoms with van der Waals surface area (Å²) in [5, 5.41) is 6.72. The van der Waals surface area contributed by atoms with Crippen molar-refractivity contribution in [2.75, 3.05) is 11.9 Å². The van der Waals surface area contributed by atoms with E-state index >= 15 is 0 Å². The maximum absolute atomic E-state index is 12.3. The van der Waals surface area contributed by atoms with E-state index in [1.165, 1.54) is 0 Å². The van der Waals surface area contributed by atoms with Crippen molar-refractivity contribution < 1.29 is 4.79 Å². The maximum atomic E-state index is 12.3. The zero-order valence-electron chi connectivity index (χ0n) is 14.5. The van der Waals surface area contributed by atoms with Crippen LogP contribution in [0.3, 0.4) is 0 Å². The third-order valence-electron chi connectivity index (χ3n) is 4.60. The molecule has 0 atom stereocenters. The maximum Gasteiger partial charge on any atom is 0.268 e. The summed E-state index contributed by atoms with van der Waals surface area (Å²) < 4.78 is 2.07. The predicted octanol–water partition coefficient (Wildman–Crippen LogP) is 3.70. The van der Waals surface area contributed by atoms with Gasteiger partial charge in [0.25, 0.3) is 5.91 Å². The first-order chi connectivity index (χ1) is 12.5. The number of carbonyl (C=O) groups is 1. The number of nitrogens with zero attached hydrogens (tertiary/aromatic N) is 3. The van der Waals surface area contributed by atoms with Crippen LogP contribution in [-0.2, 0) is 6.54 Å². The normalized spacial score (nSPS) is 13.3. The molecule has 0 spiro atoms. The fraction of sp³-hybridized carbons (Fsp3) is 0.211. The Morgan fingerprint density at radius 2 is 2.12 bits per heavy atom. The number of nitrogens with one attached hydrogen (secondary N) is 2. The van der Waals surface area contributed by atoms with E-state index in [1.807, 2.05) is 44.2 Å². The van der Waals surface area contributed by atoms with E-state index in [-0.39, 0.29) is 5.91 Å². The van der Waals surface area contributed by atoms with Crippen LogP contribution in [-0.4, -0.2) is 27.0 Å². The molecule has 3 aromatic rings. The van der Waals surface area contributed by atoms with E-state index in [1.54, 1.807) is 6.20 Å². The summed E-state index contributed by atoms with van der Waals surface area (Å²) >= 11 is 6.03. The number of hydrogen-bond donors (Lipinski definition) is 2. The van der Waals surface area contributed by atoms with Gasteiger partial charge in [-0.15, -0.1) is 0 Å². The summed E-state index contributed by atoms with van der Waals surface area (Å²) in [6, 6.07) is 9.26. The summed E-state index contributed by atoms with van der Waals surface area (Å²) in [5.41, 5.74) is 5.28. The molecule has 0 fully saturated rings. The number of aromatic nitrogens is 3. The fourth-order valence-corrected chi connectivity index (χ4v) is 3.65. The molecular weight excluding hydrogens is 350 g/mol. The molecule has 6 nitrogen and oxygen atoms in total. The predicted molar refractivity (Wildman–Crippen MR) is 102 cm³/mol. The van der Waals surface area contributed by atoms with Gasteiger partial charge in [-0.2, -0.15) is 0 Å². The summed E-state index contributed by atoms with van der Waals surface area (Å²) in [7, 11) is 0. The zero-order valence-corrected chi connectivity index (χ0v) is 15.3. The lowest BCUT2D eigenvalue weighted by Crippen LogP contribution is -2.35. The van der Waals surface area contributed by atoms with Crippen LogP contribution in [0.25, 0.3) is 11.3 Å². The summed E-state index contributed by atoms with van der Waals surface area (Å²) in [6.07, 6.45) is 1.71. The van der Waals surface area contributed by atoms with Crippen molar-refractivity contribution in [2.45, 2.75) is 20.4 Å². The van der Waals surface area contributed by atoms with Gasteiger partial charge in [0.15, 0.2) is 0 Å². The highest BCUT2D eigenvalue weighted by Crippen LogP contribution is 2.32. The van der Waals surface area contributed by atoms with Crippen molar-refractivity contribution in [3.8, 4) is 11.3 Å². The number of benzene rings is 1. The van der Waals surface area contributed by atoms with Crippen LogP contribution in [0, 0.1) is 13.8 Å². The summed E-state index contributed by atoms with van der Waals surface area (Å²) in [5.74, 6) is 0.451. The van der Waals surface area contributed by atoms with Gasteiger partial charge in [0, 0.05) is 41.3 Å². The second-order valence-electron chi connectivity index (χ2n) is 6.24. The zero-order chi connectivity index (χ0) is 18.3. The van der Waals surface area contributed by atoms with E-state index < -0.39 is 0 Å². The third kappa shape index (κ3) is 2.82. The molecule has 1 amide bonds. The van der Waals surface area contributed by atoms with Crippen LogP contribution < -0.4 is 10.6 Å². The van der Waals surface area contributed by atoms with Crippen LogP contribution in [0.5, 0.6) is 0 Å². The lowest BCUT2D eigenvalue weighted by atomic mass is 10.1. The molecule has 3 heterocycles. The molecule has 1 aliphatic rings. The Balaban J connectivity index is 1.75. The second kappa shape index (κ2) is 6.46. The van der Waals surface area contributed by atoms with Crippen LogP contribution >= 0.6 is 11.6 Å². The molecule has 1 aromatic carbocycles. The largest absolute Gasteiger partial charge is 0.349 e. The number of amides is 1. The average molecular weight is 368 g/mol. The Hall–Kier alpha value is -2.86. The molecule has 26 heavy (non-hydrogen) atoms. The van der Waals surface area contributed by atoms with Gasteiger partial charge in [-0.05, 0) is 43.7 Å².